The van der Waals surface area contributed by atoms with Crippen LogP contribution in [0.4, 0.5) is 5.69 Å². The van der Waals surface area contributed by atoms with Crippen LogP contribution in [-0.2, 0) is 11.2 Å². The van der Waals surface area contributed by atoms with Crippen molar-refractivity contribution in [3.05, 3.63) is 23.3 Å². The number of rotatable bonds is 4. The maximum absolute atomic E-state index is 11.3. The van der Waals surface area contributed by atoms with E-state index in [0.717, 1.165) is 17.7 Å². The number of benzene rings is 1. The Kier molecular flexibility index (Phi) is 3.84. The van der Waals surface area contributed by atoms with Crippen LogP contribution in [0.5, 0.6) is 5.75 Å². The van der Waals surface area contributed by atoms with Gasteiger partial charge in [-0.2, -0.15) is 0 Å². The fraction of sp³-hybridized carbons (Fsp3) is 0.462. The highest BCUT2D eigenvalue weighted by atomic mass is 16.3. The second-order valence-electron chi connectivity index (χ2n) is 4.40. The predicted molar refractivity (Wildman–Crippen MR) is 68.6 cm³/mol. The lowest BCUT2D eigenvalue weighted by Gasteiger charge is -2.23. The van der Waals surface area contributed by atoms with Gasteiger partial charge in [-0.25, -0.2) is 0 Å². The van der Waals surface area contributed by atoms with Gasteiger partial charge >= 0.3 is 0 Å². The first-order chi connectivity index (χ1) is 8.63. The molecule has 4 N–H and O–H groups in total. The van der Waals surface area contributed by atoms with E-state index in [9.17, 15) is 15.0 Å². The van der Waals surface area contributed by atoms with Crippen LogP contribution < -0.4 is 10.6 Å². The Balaban J connectivity index is 2.32. The normalized spacial score (nSPS) is 16.0. The van der Waals surface area contributed by atoms with Gasteiger partial charge in [0.05, 0.1) is 11.8 Å². The summed E-state index contributed by atoms with van der Waals surface area (Å²) < 4.78 is 0. The Labute approximate surface area is 106 Å². The fourth-order valence-corrected chi connectivity index (χ4v) is 2.20. The fourth-order valence-electron chi connectivity index (χ4n) is 2.20. The molecule has 18 heavy (non-hydrogen) atoms. The predicted octanol–water partition coefficient (Wildman–Crippen LogP) is 0.920. The van der Waals surface area contributed by atoms with Gasteiger partial charge in [-0.3, -0.25) is 4.79 Å². The van der Waals surface area contributed by atoms with E-state index in [0.29, 0.717) is 25.1 Å². The standard InChI is InChI=1S/C13H18N2O3/c1-2-14-7-11(17)8-3-5-10(16)13-9(8)4-6-12(18)15-13/h3,5,11,14,16-17H,2,4,6-7H2,1H3,(H,15,18). The largest absolute Gasteiger partial charge is 0.506 e. The zero-order valence-corrected chi connectivity index (χ0v) is 10.4. The summed E-state index contributed by atoms with van der Waals surface area (Å²) in [6.45, 7) is 3.22. The minimum atomic E-state index is -0.630. The van der Waals surface area contributed by atoms with Crippen LogP contribution >= 0.6 is 0 Å². The van der Waals surface area contributed by atoms with Gasteiger partial charge < -0.3 is 20.8 Å². The lowest BCUT2D eigenvalue weighted by molar-refractivity contribution is -0.116. The van der Waals surface area contributed by atoms with Crippen molar-refractivity contribution in [1.29, 1.82) is 0 Å². The number of carbonyl (C=O) groups is 1. The molecule has 0 bridgehead atoms. The molecule has 5 heteroatoms. The molecular formula is C13H18N2O3. The number of carbonyl (C=O) groups excluding carboxylic acids is 1. The number of likely N-dealkylation sites (N-methyl/N-ethyl adjacent to an activating group) is 1. The van der Waals surface area contributed by atoms with Gasteiger partial charge in [-0.15, -0.1) is 0 Å². The molecule has 1 heterocycles. The van der Waals surface area contributed by atoms with Crippen LogP contribution in [0.2, 0.25) is 0 Å². The Morgan fingerprint density at radius 1 is 1.44 bits per heavy atom. The van der Waals surface area contributed by atoms with Gasteiger partial charge in [-0.1, -0.05) is 13.0 Å². The van der Waals surface area contributed by atoms with E-state index >= 15 is 0 Å². The summed E-state index contributed by atoms with van der Waals surface area (Å²) in [5.41, 5.74) is 2.04. The highest BCUT2D eigenvalue weighted by Gasteiger charge is 2.23. The van der Waals surface area contributed by atoms with E-state index < -0.39 is 6.10 Å². The number of anilines is 1. The molecule has 0 saturated carbocycles. The SMILES string of the molecule is CCNCC(O)c1ccc(O)c2c1CCC(=O)N2. The van der Waals surface area contributed by atoms with Gasteiger partial charge in [0.25, 0.3) is 0 Å². The molecule has 0 aliphatic carbocycles. The number of nitrogens with one attached hydrogen (secondary N) is 2. The third kappa shape index (κ3) is 2.47. The topological polar surface area (TPSA) is 81.6 Å². The second kappa shape index (κ2) is 5.37. The number of aromatic hydroxyl groups is 1. The Morgan fingerprint density at radius 2 is 2.22 bits per heavy atom. The smallest absolute Gasteiger partial charge is 0.224 e. The zero-order valence-electron chi connectivity index (χ0n) is 10.4. The summed E-state index contributed by atoms with van der Waals surface area (Å²) in [5, 5.41) is 25.6. The number of hydrogen-bond donors (Lipinski definition) is 4. The summed E-state index contributed by atoms with van der Waals surface area (Å²) in [7, 11) is 0. The average molecular weight is 250 g/mol. The summed E-state index contributed by atoms with van der Waals surface area (Å²) >= 11 is 0. The molecule has 1 aliphatic rings. The van der Waals surface area contributed by atoms with Crippen LogP contribution in [0.3, 0.4) is 0 Å². The maximum atomic E-state index is 11.3. The van der Waals surface area contributed by atoms with Gasteiger partial charge in [0.1, 0.15) is 5.75 Å². The van der Waals surface area contributed by atoms with E-state index in [1.54, 1.807) is 6.07 Å². The molecule has 1 unspecified atom stereocenters. The number of phenols is 1. The monoisotopic (exact) mass is 250 g/mol. The molecule has 0 spiro atoms. The molecule has 98 valence electrons. The van der Waals surface area contributed by atoms with Crippen LogP contribution in [0.25, 0.3) is 0 Å². The van der Waals surface area contributed by atoms with Crippen molar-refractivity contribution in [3.8, 4) is 5.75 Å². The summed E-state index contributed by atoms with van der Waals surface area (Å²) in [4.78, 5) is 11.3. The zero-order chi connectivity index (χ0) is 13.1. The molecule has 2 rings (SSSR count). The van der Waals surface area contributed by atoms with Gasteiger partial charge in [-0.05, 0) is 30.2 Å². The lowest BCUT2D eigenvalue weighted by atomic mass is 9.93. The third-order valence-corrected chi connectivity index (χ3v) is 3.14. The molecule has 1 aliphatic heterocycles. The molecular weight excluding hydrogens is 232 g/mol. The van der Waals surface area contributed by atoms with E-state index in [4.69, 9.17) is 0 Å². The summed E-state index contributed by atoms with van der Waals surface area (Å²) in [6, 6.07) is 3.22. The van der Waals surface area contributed by atoms with E-state index in [1.807, 2.05) is 6.92 Å². The molecule has 0 saturated heterocycles. The van der Waals surface area contributed by atoms with Crippen LogP contribution in [-0.4, -0.2) is 29.2 Å². The number of phenolic OH excluding ortho intramolecular Hbond substituents is 1. The lowest BCUT2D eigenvalue weighted by Crippen LogP contribution is -2.24. The van der Waals surface area contributed by atoms with E-state index in [2.05, 4.69) is 10.6 Å². The quantitative estimate of drug-likeness (QED) is 0.599. The number of fused-ring (bicyclic) bond motifs is 1. The third-order valence-electron chi connectivity index (χ3n) is 3.14. The molecule has 0 radical (unpaired) electrons. The molecule has 1 atom stereocenters. The van der Waals surface area contributed by atoms with Crippen molar-refractivity contribution in [2.24, 2.45) is 0 Å². The van der Waals surface area contributed by atoms with Crippen molar-refractivity contribution >= 4 is 11.6 Å². The van der Waals surface area contributed by atoms with Crippen molar-refractivity contribution in [2.45, 2.75) is 25.9 Å². The van der Waals surface area contributed by atoms with Crippen molar-refractivity contribution in [1.82, 2.24) is 5.32 Å². The van der Waals surface area contributed by atoms with Crippen LogP contribution in [0, 0.1) is 0 Å². The van der Waals surface area contributed by atoms with Crippen LogP contribution in [0.15, 0.2) is 12.1 Å². The molecule has 5 nitrogen and oxygen atoms in total. The van der Waals surface area contributed by atoms with Crippen molar-refractivity contribution in [2.75, 3.05) is 18.4 Å². The van der Waals surface area contributed by atoms with Crippen molar-refractivity contribution < 1.29 is 15.0 Å². The second-order valence-corrected chi connectivity index (χ2v) is 4.40. The summed E-state index contributed by atoms with van der Waals surface area (Å²) in [6.07, 6.45) is 0.306. The maximum Gasteiger partial charge on any atom is 0.224 e. The van der Waals surface area contributed by atoms with Crippen LogP contribution in [0.1, 0.15) is 30.6 Å². The first kappa shape index (κ1) is 12.9. The van der Waals surface area contributed by atoms with E-state index in [1.165, 1.54) is 6.07 Å². The highest BCUT2D eigenvalue weighted by molar-refractivity contribution is 5.96. The Morgan fingerprint density at radius 3 is 2.94 bits per heavy atom. The van der Waals surface area contributed by atoms with Crippen molar-refractivity contribution in [3.63, 3.8) is 0 Å². The number of hydrogen-bond acceptors (Lipinski definition) is 4. The Bertz CT molecular complexity index is 460. The molecule has 1 amide bonds. The molecule has 1 aromatic carbocycles. The van der Waals surface area contributed by atoms with Gasteiger partial charge in [0, 0.05) is 13.0 Å². The van der Waals surface area contributed by atoms with Gasteiger partial charge in [0.15, 0.2) is 0 Å². The average Bonchev–Trinajstić information content (AvgIpc) is 2.37. The first-order valence-electron chi connectivity index (χ1n) is 6.16. The minimum Gasteiger partial charge on any atom is -0.506 e. The summed E-state index contributed by atoms with van der Waals surface area (Å²) in [5.74, 6) is -0.0476. The minimum absolute atomic E-state index is 0.0532. The number of aliphatic hydroxyl groups is 1. The number of amides is 1. The Hall–Kier alpha value is -1.59. The molecule has 1 aromatic rings. The number of aliphatic hydroxyl groups excluding tert-OH is 1. The molecule has 0 aromatic heterocycles. The van der Waals surface area contributed by atoms with Gasteiger partial charge in [0.2, 0.25) is 5.91 Å². The molecule has 0 fully saturated rings. The van der Waals surface area contributed by atoms with E-state index in [-0.39, 0.29) is 11.7 Å². The first-order valence-corrected chi connectivity index (χ1v) is 6.16. The highest BCUT2D eigenvalue weighted by Crippen LogP contribution is 2.36.